The highest BCUT2D eigenvalue weighted by atomic mass is 16.5. The van der Waals surface area contributed by atoms with Crippen molar-refractivity contribution in [2.45, 2.75) is 56.4 Å². The molecule has 4 rings (SSSR count). The highest BCUT2D eigenvalue weighted by Gasteiger charge is 2.55. The topological polar surface area (TPSA) is 103 Å². The lowest BCUT2D eigenvalue weighted by Crippen LogP contribution is -2.43. The van der Waals surface area contributed by atoms with Crippen LogP contribution in [0.3, 0.4) is 0 Å². The summed E-state index contributed by atoms with van der Waals surface area (Å²) in [6.07, 6.45) is 4.99. The molecule has 2 saturated heterocycles. The summed E-state index contributed by atoms with van der Waals surface area (Å²) in [6.45, 7) is 4.56. The number of likely N-dealkylation sites (tertiary alicyclic amines) is 1. The number of carboxylic acid groups (broad SMARTS) is 1. The molecular weight excluding hydrogens is 357 g/mol. The summed E-state index contributed by atoms with van der Waals surface area (Å²) >= 11 is 0. The van der Waals surface area contributed by atoms with Crippen LogP contribution in [-0.2, 0) is 0 Å². The molecule has 1 aromatic rings. The van der Waals surface area contributed by atoms with Gasteiger partial charge in [-0.05, 0) is 45.0 Å². The van der Waals surface area contributed by atoms with Crippen molar-refractivity contribution in [3.8, 4) is 11.8 Å². The van der Waals surface area contributed by atoms with E-state index in [0.29, 0.717) is 24.3 Å². The van der Waals surface area contributed by atoms with Gasteiger partial charge in [0, 0.05) is 31.2 Å². The minimum atomic E-state index is -1.16. The Morgan fingerprint density at radius 2 is 2.25 bits per heavy atom. The Bertz CT molecular complexity index is 809. The second kappa shape index (κ2) is 7.24. The third kappa shape index (κ3) is 3.53. The average Bonchev–Trinajstić information content (AvgIpc) is 3.29. The molecule has 1 aliphatic carbocycles. The molecule has 1 aromatic heterocycles. The number of carboxylic acids is 1. The summed E-state index contributed by atoms with van der Waals surface area (Å²) in [5, 5.41) is 18.9. The minimum absolute atomic E-state index is 0.0439. The van der Waals surface area contributed by atoms with Gasteiger partial charge in [-0.1, -0.05) is 12.8 Å². The van der Waals surface area contributed by atoms with Gasteiger partial charge in [0.15, 0.2) is 0 Å². The molecule has 0 amide bonds. The third-order valence-electron chi connectivity index (χ3n) is 6.61. The van der Waals surface area contributed by atoms with E-state index in [0.717, 1.165) is 45.1 Å². The largest absolute Gasteiger partial charge is 0.475 e. The van der Waals surface area contributed by atoms with Crippen LogP contribution in [0, 0.1) is 11.2 Å². The minimum Gasteiger partial charge on any atom is -0.475 e. The van der Waals surface area contributed by atoms with Gasteiger partial charge in [-0.3, -0.25) is 4.90 Å². The third-order valence-corrected chi connectivity index (χ3v) is 6.61. The highest BCUT2D eigenvalue weighted by Crippen LogP contribution is 2.59. The lowest BCUT2D eigenvalue weighted by Gasteiger charge is -2.35. The number of hydrogen-bond donors (Lipinski definition) is 1. The molecule has 0 bridgehead atoms. The maximum atomic E-state index is 11.6. The number of nitriles is 1. The number of likely N-dealkylation sites (N-methyl/N-ethyl adjacent to an activating group) is 1. The van der Waals surface area contributed by atoms with Crippen LogP contribution in [0.2, 0.25) is 11.6 Å². The standard InChI is InChI=1S/C19H26BN5O3/c1-13(14-4-3-8-24(14)2)28-16-10-15(22-17(23-16)18(26)27)25-9-7-20(12-21)19(11-25)5-6-19/h10,13-14H,3-9,11H2,1-2H3,(H,26,27)/t13-,14?/m0/s1. The lowest BCUT2D eigenvalue weighted by atomic mass is 9.36. The predicted octanol–water partition coefficient (Wildman–Crippen LogP) is 1.95. The zero-order valence-corrected chi connectivity index (χ0v) is 16.5. The Hall–Kier alpha value is -2.34. The summed E-state index contributed by atoms with van der Waals surface area (Å²) in [6, 6.07) is 2.05. The maximum Gasteiger partial charge on any atom is 0.374 e. The number of carbonyl (C=O) groups is 1. The molecule has 1 unspecified atom stereocenters. The summed E-state index contributed by atoms with van der Waals surface area (Å²) in [5.74, 6) is 1.93. The van der Waals surface area contributed by atoms with Crippen LogP contribution in [0.15, 0.2) is 6.07 Å². The predicted molar refractivity (Wildman–Crippen MR) is 105 cm³/mol. The van der Waals surface area contributed by atoms with Crippen molar-refractivity contribution in [3.63, 3.8) is 0 Å². The van der Waals surface area contributed by atoms with Gasteiger partial charge in [-0.25, -0.2) is 15.0 Å². The van der Waals surface area contributed by atoms with Crippen LogP contribution in [0.1, 0.15) is 43.2 Å². The fourth-order valence-electron chi connectivity index (χ4n) is 4.75. The first-order valence-corrected chi connectivity index (χ1v) is 10.1. The molecule has 28 heavy (non-hydrogen) atoms. The Labute approximate surface area is 165 Å². The number of aromatic carboxylic acids is 1. The van der Waals surface area contributed by atoms with Crippen molar-refractivity contribution >= 4 is 18.5 Å². The van der Waals surface area contributed by atoms with Crippen molar-refractivity contribution in [1.29, 1.82) is 5.26 Å². The van der Waals surface area contributed by atoms with Gasteiger partial charge in [0.1, 0.15) is 11.9 Å². The number of nitrogens with zero attached hydrogens (tertiary/aromatic N) is 5. The number of aromatic nitrogens is 2. The van der Waals surface area contributed by atoms with Crippen LogP contribution in [0.25, 0.3) is 0 Å². The smallest absolute Gasteiger partial charge is 0.374 e. The first-order valence-electron chi connectivity index (χ1n) is 10.1. The Morgan fingerprint density at radius 3 is 2.86 bits per heavy atom. The second-order valence-corrected chi connectivity index (χ2v) is 8.46. The van der Waals surface area contributed by atoms with Gasteiger partial charge in [0.25, 0.3) is 6.71 Å². The van der Waals surface area contributed by atoms with Crippen LogP contribution in [-0.4, -0.2) is 71.5 Å². The number of rotatable bonds is 5. The summed E-state index contributed by atoms with van der Waals surface area (Å²) in [5.41, 5.74) is 0. The quantitative estimate of drug-likeness (QED) is 0.770. The fourth-order valence-corrected chi connectivity index (χ4v) is 4.75. The van der Waals surface area contributed by atoms with E-state index in [1.165, 1.54) is 0 Å². The number of anilines is 1. The van der Waals surface area contributed by atoms with E-state index in [1.807, 2.05) is 6.92 Å². The van der Waals surface area contributed by atoms with Crippen LogP contribution in [0.5, 0.6) is 5.88 Å². The van der Waals surface area contributed by atoms with Crippen molar-refractivity contribution in [3.05, 3.63) is 11.9 Å². The van der Waals surface area contributed by atoms with Gasteiger partial charge in [0.2, 0.25) is 11.7 Å². The normalized spacial score (nSPS) is 24.8. The molecule has 3 heterocycles. The Kier molecular flexibility index (Phi) is 4.92. The monoisotopic (exact) mass is 383 g/mol. The molecule has 0 aromatic carbocycles. The zero-order chi connectivity index (χ0) is 19.9. The maximum absolute atomic E-state index is 11.6. The van der Waals surface area contributed by atoms with E-state index >= 15 is 0 Å². The second-order valence-electron chi connectivity index (χ2n) is 8.46. The molecule has 9 heteroatoms. The molecular formula is C19H26BN5O3. The molecule has 1 spiro atoms. The van der Waals surface area contributed by atoms with Crippen molar-refractivity contribution in [2.75, 3.05) is 31.6 Å². The summed E-state index contributed by atoms with van der Waals surface area (Å²) in [7, 11) is 2.08. The molecule has 3 aliphatic rings. The SMILES string of the molecule is C[C@H](Oc1cc(N2CCB(C#N)C3(CC3)C2)nc(C(=O)O)n1)C1CCCN1C. The van der Waals surface area contributed by atoms with E-state index in [-0.39, 0.29) is 24.0 Å². The molecule has 148 valence electrons. The first-order chi connectivity index (χ1) is 13.4. The molecule has 2 atom stereocenters. The van der Waals surface area contributed by atoms with E-state index in [9.17, 15) is 15.2 Å². The highest BCUT2D eigenvalue weighted by molar-refractivity contribution is 6.71. The van der Waals surface area contributed by atoms with Crippen molar-refractivity contribution in [1.82, 2.24) is 14.9 Å². The van der Waals surface area contributed by atoms with E-state index in [4.69, 9.17) is 4.74 Å². The Balaban J connectivity index is 1.56. The van der Waals surface area contributed by atoms with E-state index < -0.39 is 5.97 Å². The van der Waals surface area contributed by atoms with Crippen LogP contribution >= 0.6 is 0 Å². The van der Waals surface area contributed by atoms with Gasteiger partial charge in [-0.15, -0.1) is 0 Å². The zero-order valence-electron chi connectivity index (χ0n) is 16.5. The van der Waals surface area contributed by atoms with Gasteiger partial charge in [-0.2, -0.15) is 4.98 Å². The van der Waals surface area contributed by atoms with E-state index in [2.05, 4.69) is 32.8 Å². The molecule has 1 N–H and O–H groups in total. The molecule has 3 fully saturated rings. The molecule has 2 aliphatic heterocycles. The first kappa shape index (κ1) is 19.0. The Morgan fingerprint density at radius 1 is 1.46 bits per heavy atom. The van der Waals surface area contributed by atoms with Crippen molar-refractivity contribution in [2.24, 2.45) is 0 Å². The van der Waals surface area contributed by atoms with Crippen molar-refractivity contribution < 1.29 is 14.6 Å². The van der Waals surface area contributed by atoms with Gasteiger partial charge < -0.3 is 14.7 Å². The van der Waals surface area contributed by atoms with Gasteiger partial charge in [0.05, 0.1) is 0 Å². The molecule has 8 nitrogen and oxygen atoms in total. The molecule has 1 saturated carbocycles. The number of hydrogen-bond acceptors (Lipinski definition) is 7. The number of ether oxygens (including phenoxy) is 1. The van der Waals surface area contributed by atoms with Crippen LogP contribution in [0.4, 0.5) is 5.82 Å². The van der Waals surface area contributed by atoms with Crippen LogP contribution < -0.4 is 9.64 Å². The average molecular weight is 383 g/mol. The fraction of sp³-hybridized carbons (Fsp3) is 0.684. The summed E-state index contributed by atoms with van der Waals surface area (Å²) in [4.78, 5) is 24.3. The van der Waals surface area contributed by atoms with E-state index in [1.54, 1.807) is 6.07 Å². The molecule has 0 radical (unpaired) electrons. The lowest BCUT2D eigenvalue weighted by molar-refractivity contribution is 0.0678. The van der Waals surface area contributed by atoms with Gasteiger partial charge >= 0.3 is 5.97 Å². The summed E-state index contributed by atoms with van der Waals surface area (Å²) < 4.78 is 6.07.